The Labute approximate surface area is 242 Å². The van der Waals surface area contributed by atoms with Gasteiger partial charge < -0.3 is 4.57 Å². The molecule has 0 saturated heterocycles. The molecule has 40 heavy (non-hydrogen) atoms. The van der Waals surface area contributed by atoms with E-state index in [-0.39, 0.29) is 0 Å². The van der Waals surface area contributed by atoms with E-state index in [1.165, 1.54) is 11.3 Å². The number of nitrogens with zero attached hydrogens (tertiary/aromatic N) is 3. The summed E-state index contributed by atoms with van der Waals surface area (Å²) in [6, 6.07) is 27.2. The third-order valence-electron chi connectivity index (χ3n) is 6.81. The van der Waals surface area contributed by atoms with Crippen molar-refractivity contribution in [2.45, 2.75) is 46.0 Å². The Bertz CT molecular complexity index is 1670. The van der Waals surface area contributed by atoms with Crippen LogP contribution < -0.4 is 8.81 Å². The number of carbonyl (C=O) groups excluding carboxylic acids is 1. The number of aryl methyl sites for hydroxylation is 1. The molecule has 206 valence electrons. The van der Waals surface area contributed by atoms with Crippen molar-refractivity contribution in [2.75, 3.05) is 4.31 Å². The highest BCUT2D eigenvalue weighted by atomic mass is 32.2. The number of benzene rings is 3. The third-order valence-corrected chi connectivity index (χ3v) is 12.3. The average molecular weight is 588 g/mol. The minimum absolute atomic E-state index is 0.365. The second kappa shape index (κ2) is 11.6. The van der Waals surface area contributed by atoms with Crippen LogP contribution in [0.2, 0.25) is 19.6 Å². The topological polar surface area (TPSA) is 75.4 Å². The first-order chi connectivity index (χ1) is 19.2. The molecule has 5 rings (SSSR count). The SMILES string of the molecule is CCCc1nc2ccccc2n1Cc1ccc(-c2cc([Si](C)(C)C)sc2N(C(=O)c2ccccc2)S(=O)O)cc1. The summed E-state index contributed by atoms with van der Waals surface area (Å²) < 4.78 is 27.4. The molecule has 0 aliphatic carbocycles. The Hall–Kier alpha value is -3.37. The first kappa shape index (κ1) is 28.2. The van der Waals surface area contributed by atoms with Gasteiger partial charge in [-0.3, -0.25) is 9.35 Å². The standard InChI is InChI=1S/C31H33N3O3S2Si/c1-5-11-28-32-26-14-9-10-15-27(26)33(28)21-22-16-18-23(19-17-22)25-20-29(40(2,3)4)38-31(25)34(39(36)37)30(35)24-12-7-6-8-13-24/h6-10,12-20H,5,11,21H2,1-4H3,(H,36,37). The van der Waals surface area contributed by atoms with Crippen LogP contribution in [0.5, 0.6) is 0 Å². The minimum Gasteiger partial charge on any atom is -0.323 e. The smallest absolute Gasteiger partial charge is 0.272 e. The van der Waals surface area contributed by atoms with Gasteiger partial charge in [-0.2, -0.15) is 4.31 Å². The quantitative estimate of drug-likeness (QED) is 0.148. The lowest BCUT2D eigenvalue weighted by Crippen LogP contribution is -2.35. The molecule has 1 N–H and O–H groups in total. The van der Waals surface area contributed by atoms with Gasteiger partial charge in [0.05, 0.1) is 19.1 Å². The molecule has 0 fully saturated rings. The molecule has 0 bridgehead atoms. The molecule has 5 aromatic rings. The third kappa shape index (κ3) is 5.74. The number of thiophene rings is 1. The van der Waals surface area contributed by atoms with Crippen molar-refractivity contribution in [3.63, 3.8) is 0 Å². The Morgan fingerprint density at radius 3 is 2.33 bits per heavy atom. The molecule has 0 aliphatic rings. The van der Waals surface area contributed by atoms with E-state index < -0.39 is 25.2 Å². The highest BCUT2D eigenvalue weighted by molar-refractivity contribution is 7.82. The number of imidazole rings is 1. The minimum atomic E-state index is -2.53. The summed E-state index contributed by atoms with van der Waals surface area (Å²) in [4.78, 5) is 18.3. The highest BCUT2D eigenvalue weighted by Crippen LogP contribution is 2.38. The summed E-state index contributed by atoms with van der Waals surface area (Å²) in [5.41, 5.74) is 5.32. The number of anilines is 1. The monoisotopic (exact) mass is 587 g/mol. The molecule has 0 spiro atoms. The summed E-state index contributed by atoms with van der Waals surface area (Å²) in [6.45, 7) is 9.57. The van der Waals surface area contributed by atoms with E-state index in [0.29, 0.717) is 17.1 Å². The van der Waals surface area contributed by atoms with Gasteiger partial charge in [0.25, 0.3) is 17.2 Å². The second-order valence-corrected chi connectivity index (χ2v) is 18.1. The van der Waals surface area contributed by atoms with E-state index in [1.54, 1.807) is 24.3 Å². The molecule has 2 heterocycles. The number of amides is 1. The second-order valence-electron chi connectivity index (χ2n) is 10.8. The number of carbonyl (C=O) groups is 1. The van der Waals surface area contributed by atoms with Crippen LogP contribution in [0.4, 0.5) is 5.00 Å². The lowest BCUT2D eigenvalue weighted by atomic mass is 10.1. The molecular formula is C31H33N3O3S2Si. The molecule has 3 aromatic carbocycles. The van der Waals surface area contributed by atoms with Crippen LogP contribution in [0.15, 0.2) is 84.9 Å². The van der Waals surface area contributed by atoms with Crippen molar-refractivity contribution in [3.05, 3.63) is 102 Å². The van der Waals surface area contributed by atoms with E-state index in [1.807, 2.05) is 30.3 Å². The van der Waals surface area contributed by atoms with E-state index in [0.717, 1.165) is 55.2 Å². The Morgan fingerprint density at radius 1 is 1.00 bits per heavy atom. The Kier molecular flexibility index (Phi) is 8.18. The van der Waals surface area contributed by atoms with Crippen molar-refractivity contribution < 1.29 is 13.6 Å². The van der Waals surface area contributed by atoms with Gasteiger partial charge >= 0.3 is 0 Å². The maximum absolute atomic E-state index is 13.4. The van der Waals surface area contributed by atoms with Crippen molar-refractivity contribution in [1.29, 1.82) is 0 Å². The van der Waals surface area contributed by atoms with Gasteiger partial charge in [-0.05, 0) is 52.4 Å². The molecule has 1 atom stereocenters. The maximum Gasteiger partial charge on any atom is 0.272 e. The zero-order chi connectivity index (χ0) is 28.4. The number of aromatic nitrogens is 2. The Balaban J connectivity index is 1.54. The summed E-state index contributed by atoms with van der Waals surface area (Å²) in [6.07, 6.45) is 1.93. The van der Waals surface area contributed by atoms with Gasteiger partial charge in [0.2, 0.25) is 0 Å². The van der Waals surface area contributed by atoms with Crippen molar-refractivity contribution in [2.24, 2.45) is 0 Å². The zero-order valence-corrected chi connectivity index (χ0v) is 25.8. The number of rotatable bonds is 9. The number of para-hydroxylation sites is 2. The van der Waals surface area contributed by atoms with Crippen molar-refractivity contribution in [1.82, 2.24) is 9.55 Å². The van der Waals surface area contributed by atoms with Gasteiger partial charge in [-0.15, -0.1) is 11.3 Å². The fraction of sp³-hybridized carbons (Fsp3) is 0.226. The lowest BCUT2D eigenvalue weighted by Gasteiger charge is -2.19. The van der Waals surface area contributed by atoms with E-state index >= 15 is 0 Å². The molecule has 1 amide bonds. The molecule has 6 nitrogen and oxygen atoms in total. The number of hydrogen-bond donors (Lipinski definition) is 1. The zero-order valence-electron chi connectivity index (χ0n) is 23.1. The normalized spacial score (nSPS) is 12.5. The van der Waals surface area contributed by atoms with Gasteiger partial charge in [0.15, 0.2) is 0 Å². The van der Waals surface area contributed by atoms with Crippen LogP contribution in [-0.2, 0) is 24.2 Å². The molecule has 0 radical (unpaired) electrons. The van der Waals surface area contributed by atoms with Crippen LogP contribution in [0.3, 0.4) is 0 Å². The predicted octanol–water partition coefficient (Wildman–Crippen LogP) is 7.09. The van der Waals surface area contributed by atoms with Crippen LogP contribution in [0.1, 0.15) is 35.1 Å². The van der Waals surface area contributed by atoms with Gasteiger partial charge in [-0.1, -0.05) is 81.2 Å². The molecule has 0 aliphatic heterocycles. The summed E-state index contributed by atoms with van der Waals surface area (Å²) in [5.74, 6) is 0.576. The molecule has 1 unspecified atom stereocenters. The van der Waals surface area contributed by atoms with E-state index in [9.17, 15) is 13.6 Å². The van der Waals surface area contributed by atoms with E-state index in [2.05, 4.69) is 61.5 Å². The molecule has 9 heteroatoms. The first-order valence-electron chi connectivity index (χ1n) is 13.4. The van der Waals surface area contributed by atoms with E-state index in [4.69, 9.17) is 4.98 Å². The lowest BCUT2D eigenvalue weighted by molar-refractivity contribution is 0.101. The highest BCUT2D eigenvalue weighted by Gasteiger charge is 2.31. The average Bonchev–Trinajstić information content (AvgIpc) is 3.52. The van der Waals surface area contributed by atoms with Crippen LogP contribution >= 0.6 is 11.3 Å². The first-order valence-corrected chi connectivity index (χ1v) is 18.7. The predicted molar refractivity (Wildman–Crippen MR) is 170 cm³/mol. The largest absolute Gasteiger partial charge is 0.323 e. The van der Waals surface area contributed by atoms with Gasteiger partial charge in [0.1, 0.15) is 10.8 Å². The molecule has 0 saturated carbocycles. The molecule has 2 aromatic heterocycles. The van der Waals surface area contributed by atoms with Crippen molar-refractivity contribution >= 4 is 57.1 Å². The fourth-order valence-electron chi connectivity index (χ4n) is 4.73. The number of hydrogen-bond acceptors (Lipinski definition) is 4. The van der Waals surface area contributed by atoms with Gasteiger partial charge in [-0.25, -0.2) is 9.19 Å². The van der Waals surface area contributed by atoms with Crippen molar-refractivity contribution in [3.8, 4) is 11.1 Å². The fourth-order valence-corrected chi connectivity index (χ4v) is 8.45. The number of fused-ring (bicyclic) bond motifs is 1. The van der Waals surface area contributed by atoms with Gasteiger partial charge in [0, 0.05) is 24.1 Å². The Morgan fingerprint density at radius 2 is 1.68 bits per heavy atom. The van der Waals surface area contributed by atoms with Crippen LogP contribution in [-0.4, -0.2) is 32.3 Å². The van der Waals surface area contributed by atoms with Crippen LogP contribution in [0.25, 0.3) is 22.2 Å². The molecular weight excluding hydrogens is 555 g/mol. The summed E-state index contributed by atoms with van der Waals surface area (Å²) >= 11 is -1.09. The van der Waals surface area contributed by atoms with Crippen LogP contribution in [0, 0.1) is 0 Å². The summed E-state index contributed by atoms with van der Waals surface area (Å²) in [5, 5.41) is 0.491. The maximum atomic E-state index is 13.4. The summed E-state index contributed by atoms with van der Waals surface area (Å²) in [7, 11) is -1.78.